The fraction of sp³-hybridized carbons (Fsp3) is 0.125. The molecule has 0 saturated carbocycles. The molecule has 1 heterocycles. The van der Waals surface area contributed by atoms with Crippen molar-refractivity contribution in [1.82, 2.24) is 0 Å². The van der Waals surface area contributed by atoms with Crippen molar-refractivity contribution in [1.29, 1.82) is 5.26 Å². The molecule has 20 heavy (non-hydrogen) atoms. The number of anilines is 1. The molecule has 0 amide bonds. The van der Waals surface area contributed by atoms with E-state index in [9.17, 15) is 15.2 Å². The summed E-state index contributed by atoms with van der Waals surface area (Å²) in [6.45, 7) is 0. The number of nitrogens with zero attached hydrogens (tertiary/aromatic N) is 1. The molecule has 4 nitrogen and oxygen atoms in total. The molecule has 98 valence electrons. The van der Waals surface area contributed by atoms with E-state index in [-0.39, 0.29) is 0 Å². The maximum absolute atomic E-state index is 11.7. The first-order valence-corrected chi connectivity index (χ1v) is 6.26. The minimum Gasteiger partial charge on any atom is -0.479 e. The Morgan fingerprint density at radius 3 is 2.45 bits per heavy atom. The number of hydrogen-bond acceptors (Lipinski definition) is 3. The van der Waals surface area contributed by atoms with Gasteiger partial charge in [-0.15, -0.1) is 0 Å². The quantitative estimate of drug-likeness (QED) is 0.874. The number of nitriles is 1. The number of hydrogen-bond donors (Lipinski definition) is 2. The van der Waals surface area contributed by atoms with Crippen LogP contribution in [0.2, 0.25) is 0 Å². The van der Waals surface area contributed by atoms with Gasteiger partial charge in [-0.2, -0.15) is 5.26 Å². The summed E-state index contributed by atoms with van der Waals surface area (Å²) in [4.78, 5) is 11.7. The Morgan fingerprint density at radius 2 is 1.80 bits per heavy atom. The zero-order valence-electron chi connectivity index (χ0n) is 10.6. The molecule has 0 fully saturated rings. The molecular weight excluding hydrogens is 252 g/mol. The number of carbonyl (C=O) groups is 1. The third kappa shape index (κ3) is 1.57. The summed E-state index contributed by atoms with van der Waals surface area (Å²) in [7, 11) is 0. The number of carboxylic acid groups (broad SMARTS) is 1. The van der Waals surface area contributed by atoms with Crippen molar-refractivity contribution in [3.05, 3.63) is 65.7 Å². The van der Waals surface area contributed by atoms with E-state index < -0.39 is 17.4 Å². The number of rotatable bonds is 2. The van der Waals surface area contributed by atoms with Gasteiger partial charge in [-0.05, 0) is 17.2 Å². The van der Waals surface area contributed by atoms with Crippen LogP contribution in [0.3, 0.4) is 0 Å². The summed E-state index contributed by atoms with van der Waals surface area (Å²) in [5.41, 5.74) is 0.687. The van der Waals surface area contributed by atoms with E-state index in [4.69, 9.17) is 0 Å². The van der Waals surface area contributed by atoms with Crippen molar-refractivity contribution in [3.63, 3.8) is 0 Å². The highest BCUT2D eigenvalue weighted by molar-refractivity contribution is 5.93. The molecule has 0 spiro atoms. The summed E-state index contributed by atoms with van der Waals surface area (Å²) in [5.74, 6) is -1.69. The van der Waals surface area contributed by atoms with E-state index in [1.807, 2.05) is 54.6 Å². The van der Waals surface area contributed by atoms with Crippen LogP contribution in [0.15, 0.2) is 54.6 Å². The van der Waals surface area contributed by atoms with Crippen molar-refractivity contribution in [2.45, 2.75) is 11.5 Å². The number of nitrogens with one attached hydrogen (secondary N) is 1. The van der Waals surface area contributed by atoms with Gasteiger partial charge in [0.05, 0.1) is 5.92 Å². The lowest BCUT2D eigenvalue weighted by Crippen LogP contribution is -2.46. The Labute approximate surface area is 116 Å². The largest absolute Gasteiger partial charge is 0.479 e. The molecule has 2 atom stereocenters. The van der Waals surface area contributed by atoms with Crippen LogP contribution in [0, 0.1) is 11.3 Å². The van der Waals surface area contributed by atoms with E-state index in [2.05, 4.69) is 5.32 Å². The van der Waals surface area contributed by atoms with Gasteiger partial charge in [0.15, 0.2) is 0 Å². The Balaban J connectivity index is 2.25. The lowest BCUT2D eigenvalue weighted by Gasteiger charge is -2.25. The number of carboxylic acids is 1. The fourth-order valence-corrected chi connectivity index (χ4v) is 2.77. The predicted octanol–water partition coefficient (Wildman–Crippen LogP) is 2.59. The minimum atomic E-state index is -1.66. The molecule has 3 rings (SSSR count). The van der Waals surface area contributed by atoms with Gasteiger partial charge in [0.2, 0.25) is 5.54 Å². The topological polar surface area (TPSA) is 73.1 Å². The van der Waals surface area contributed by atoms with Crippen LogP contribution in [0.4, 0.5) is 5.69 Å². The molecular formula is C16H12N2O2. The standard InChI is InChI=1S/C16H12N2O2/c17-10-16(15(19)20)14(11-6-2-1-3-7-11)12-8-4-5-9-13(12)18-16/h1-9,14,18H,(H,19,20). The van der Waals surface area contributed by atoms with E-state index in [0.717, 1.165) is 11.1 Å². The fourth-order valence-electron chi connectivity index (χ4n) is 2.77. The molecule has 2 aromatic rings. The van der Waals surface area contributed by atoms with Crippen LogP contribution >= 0.6 is 0 Å². The average Bonchev–Trinajstić information content (AvgIpc) is 2.83. The molecule has 0 aliphatic carbocycles. The monoisotopic (exact) mass is 264 g/mol. The Morgan fingerprint density at radius 1 is 1.15 bits per heavy atom. The van der Waals surface area contributed by atoms with Gasteiger partial charge in [0.1, 0.15) is 6.07 Å². The maximum Gasteiger partial charge on any atom is 0.345 e. The number of aliphatic carboxylic acids is 1. The highest BCUT2D eigenvalue weighted by atomic mass is 16.4. The van der Waals surface area contributed by atoms with E-state index in [0.29, 0.717) is 5.69 Å². The summed E-state index contributed by atoms with van der Waals surface area (Å²) < 4.78 is 0. The van der Waals surface area contributed by atoms with Crippen LogP contribution in [0.1, 0.15) is 17.0 Å². The lowest BCUT2D eigenvalue weighted by atomic mass is 9.79. The van der Waals surface area contributed by atoms with Crippen LogP contribution in [-0.2, 0) is 4.79 Å². The molecule has 0 saturated heterocycles. The summed E-state index contributed by atoms with van der Waals surface area (Å²) in [6.07, 6.45) is 0. The molecule has 2 aromatic carbocycles. The predicted molar refractivity (Wildman–Crippen MR) is 74.3 cm³/mol. The number of benzene rings is 2. The molecule has 4 heteroatoms. The second kappa shape index (κ2) is 4.39. The molecule has 0 bridgehead atoms. The van der Waals surface area contributed by atoms with Crippen LogP contribution in [0.25, 0.3) is 0 Å². The van der Waals surface area contributed by atoms with E-state index in [1.165, 1.54) is 0 Å². The SMILES string of the molecule is N#CC1(C(=O)O)Nc2ccccc2C1c1ccccc1. The zero-order valence-corrected chi connectivity index (χ0v) is 10.6. The first kappa shape index (κ1) is 12.2. The summed E-state index contributed by atoms with van der Waals surface area (Å²) >= 11 is 0. The Bertz CT molecular complexity index is 706. The van der Waals surface area contributed by atoms with Crippen molar-refractivity contribution >= 4 is 11.7 Å². The first-order chi connectivity index (χ1) is 9.69. The van der Waals surface area contributed by atoms with Gasteiger partial charge in [0, 0.05) is 5.69 Å². The minimum absolute atomic E-state index is 0.526. The second-order valence-corrected chi connectivity index (χ2v) is 4.78. The Hall–Kier alpha value is -2.80. The van der Waals surface area contributed by atoms with Gasteiger partial charge in [0.25, 0.3) is 0 Å². The van der Waals surface area contributed by atoms with Crippen LogP contribution in [0.5, 0.6) is 0 Å². The summed E-state index contributed by atoms with van der Waals surface area (Å²) in [6, 6.07) is 18.6. The van der Waals surface area contributed by atoms with Crippen LogP contribution < -0.4 is 5.32 Å². The molecule has 1 aliphatic heterocycles. The first-order valence-electron chi connectivity index (χ1n) is 6.26. The maximum atomic E-state index is 11.7. The third-order valence-electron chi connectivity index (χ3n) is 3.68. The molecule has 0 radical (unpaired) electrons. The third-order valence-corrected chi connectivity index (χ3v) is 3.68. The molecule has 1 aliphatic rings. The normalized spacial score (nSPS) is 23.4. The second-order valence-electron chi connectivity index (χ2n) is 4.78. The molecule has 0 aromatic heterocycles. The van der Waals surface area contributed by atoms with Crippen molar-refractivity contribution in [2.75, 3.05) is 5.32 Å². The van der Waals surface area contributed by atoms with Crippen LogP contribution in [-0.4, -0.2) is 16.6 Å². The zero-order chi connectivity index (χ0) is 14.2. The van der Waals surface area contributed by atoms with E-state index >= 15 is 0 Å². The molecule has 2 unspecified atom stereocenters. The van der Waals surface area contributed by atoms with Gasteiger partial charge < -0.3 is 10.4 Å². The van der Waals surface area contributed by atoms with E-state index in [1.54, 1.807) is 6.07 Å². The highest BCUT2D eigenvalue weighted by Gasteiger charge is 2.53. The summed E-state index contributed by atoms with van der Waals surface area (Å²) in [5, 5.41) is 22.0. The average molecular weight is 264 g/mol. The van der Waals surface area contributed by atoms with Crippen molar-refractivity contribution in [3.8, 4) is 6.07 Å². The smallest absolute Gasteiger partial charge is 0.345 e. The van der Waals surface area contributed by atoms with Gasteiger partial charge in [-0.1, -0.05) is 48.5 Å². The molecule has 2 N–H and O–H groups in total. The number of para-hydroxylation sites is 1. The van der Waals surface area contributed by atoms with Crippen molar-refractivity contribution in [2.24, 2.45) is 0 Å². The Kier molecular flexibility index (Phi) is 2.69. The number of fused-ring (bicyclic) bond motifs is 1. The van der Waals surface area contributed by atoms with Gasteiger partial charge in [-0.3, -0.25) is 0 Å². The highest BCUT2D eigenvalue weighted by Crippen LogP contribution is 2.46. The lowest BCUT2D eigenvalue weighted by molar-refractivity contribution is -0.140. The van der Waals surface area contributed by atoms with Gasteiger partial charge >= 0.3 is 5.97 Å². The van der Waals surface area contributed by atoms with Crippen molar-refractivity contribution < 1.29 is 9.90 Å². The van der Waals surface area contributed by atoms with Gasteiger partial charge in [-0.25, -0.2) is 4.79 Å².